The molecular formula is C20H24O8S. The Hall–Kier alpha value is -2.49. The molecular weight excluding hydrogens is 400 g/mol. The number of fused-ring (bicyclic) bond motifs is 3. The van der Waals surface area contributed by atoms with Crippen molar-refractivity contribution in [3.63, 3.8) is 0 Å². The fraction of sp³-hybridized carbons (Fsp3) is 0.400. The van der Waals surface area contributed by atoms with Gasteiger partial charge in [-0.25, -0.2) is 0 Å². The van der Waals surface area contributed by atoms with Crippen LogP contribution in [0, 0.1) is 0 Å². The topological polar surface area (TPSA) is 89.5 Å². The van der Waals surface area contributed by atoms with Crippen LogP contribution < -0.4 is 18.9 Å². The largest absolute Gasteiger partial charge is 0.497 e. The van der Waals surface area contributed by atoms with Gasteiger partial charge in [0, 0.05) is 5.56 Å². The van der Waals surface area contributed by atoms with Crippen molar-refractivity contribution in [3.05, 3.63) is 35.4 Å². The van der Waals surface area contributed by atoms with Gasteiger partial charge < -0.3 is 23.7 Å². The van der Waals surface area contributed by atoms with E-state index in [1.807, 2.05) is 18.2 Å². The van der Waals surface area contributed by atoms with E-state index >= 15 is 0 Å². The minimum Gasteiger partial charge on any atom is -0.497 e. The first-order valence-corrected chi connectivity index (χ1v) is 10.6. The van der Waals surface area contributed by atoms with E-state index in [2.05, 4.69) is 0 Å². The van der Waals surface area contributed by atoms with Crippen LogP contribution in [0.1, 0.15) is 17.2 Å². The average molecular weight is 424 g/mol. The zero-order valence-electron chi connectivity index (χ0n) is 17.0. The Balaban J connectivity index is 2.23. The van der Waals surface area contributed by atoms with Crippen molar-refractivity contribution in [3.8, 4) is 34.1 Å². The van der Waals surface area contributed by atoms with E-state index in [0.29, 0.717) is 23.0 Å². The van der Waals surface area contributed by atoms with Crippen molar-refractivity contribution >= 4 is 10.1 Å². The van der Waals surface area contributed by atoms with Gasteiger partial charge in [0.15, 0.2) is 11.5 Å². The molecule has 158 valence electrons. The second-order valence-electron chi connectivity index (χ2n) is 6.42. The highest BCUT2D eigenvalue weighted by atomic mass is 32.2. The highest BCUT2D eigenvalue weighted by Crippen LogP contribution is 2.50. The second kappa shape index (κ2) is 8.48. The molecule has 8 nitrogen and oxygen atoms in total. The molecule has 0 aromatic heterocycles. The minimum atomic E-state index is -3.63. The lowest BCUT2D eigenvalue weighted by Crippen LogP contribution is -2.14. The van der Waals surface area contributed by atoms with Crippen molar-refractivity contribution in [1.29, 1.82) is 0 Å². The number of benzene rings is 2. The van der Waals surface area contributed by atoms with E-state index in [1.165, 1.54) is 7.11 Å². The number of rotatable bonds is 7. The molecule has 2 aromatic rings. The van der Waals surface area contributed by atoms with Gasteiger partial charge in [0.05, 0.1) is 47.9 Å². The van der Waals surface area contributed by atoms with E-state index in [1.54, 1.807) is 27.4 Å². The molecule has 0 N–H and O–H groups in total. The van der Waals surface area contributed by atoms with Gasteiger partial charge in [-0.2, -0.15) is 8.42 Å². The third-order valence-electron chi connectivity index (χ3n) is 4.66. The normalized spacial score (nSPS) is 15.7. The third-order valence-corrected chi connectivity index (χ3v) is 5.22. The summed E-state index contributed by atoms with van der Waals surface area (Å²) < 4.78 is 56.1. The molecule has 0 radical (unpaired) electrons. The third kappa shape index (κ3) is 4.26. The summed E-state index contributed by atoms with van der Waals surface area (Å²) in [6.45, 7) is 0.0321. The van der Waals surface area contributed by atoms with Crippen molar-refractivity contribution in [1.82, 2.24) is 0 Å². The first kappa shape index (κ1) is 21.2. The lowest BCUT2D eigenvalue weighted by Gasteiger charge is -2.20. The summed E-state index contributed by atoms with van der Waals surface area (Å²) in [5.74, 6) is 2.08. The molecule has 1 atom stereocenters. The zero-order chi connectivity index (χ0) is 21.2. The van der Waals surface area contributed by atoms with Crippen LogP contribution in [0.25, 0.3) is 11.1 Å². The van der Waals surface area contributed by atoms with Crippen molar-refractivity contribution in [2.24, 2.45) is 0 Å². The van der Waals surface area contributed by atoms with Gasteiger partial charge in [-0.05, 0) is 34.9 Å². The fourth-order valence-corrected chi connectivity index (χ4v) is 3.75. The Kier molecular flexibility index (Phi) is 6.21. The number of methoxy groups -OCH3 is 4. The average Bonchev–Trinajstić information content (AvgIpc) is 2.86. The van der Waals surface area contributed by atoms with Crippen LogP contribution >= 0.6 is 0 Å². The maximum Gasteiger partial charge on any atom is 0.264 e. The summed E-state index contributed by atoms with van der Waals surface area (Å²) in [7, 11) is 2.56. The first-order chi connectivity index (χ1) is 13.8. The Morgan fingerprint density at radius 3 is 2.31 bits per heavy atom. The summed E-state index contributed by atoms with van der Waals surface area (Å²) in [5.41, 5.74) is 3.12. The fourth-order valence-electron chi connectivity index (χ4n) is 3.38. The van der Waals surface area contributed by atoms with Crippen LogP contribution in [0.15, 0.2) is 24.3 Å². The standard InChI is InChI=1S/C20H24O8S/c1-23-13-6-7-14-15(9-13)17(11-28-29(5,21)22)27-10-12-8-16(24-2)19(25-3)20(26-4)18(12)14/h6-9,17H,10-11H2,1-5H3. The lowest BCUT2D eigenvalue weighted by molar-refractivity contribution is 0.0117. The molecule has 0 aliphatic carbocycles. The molecule has 0 spiro atoms. The van der Waals surface area contributed by atoms with Gasteiger partial charge >= 0.3 is 0 Å². The molecule has 1 aliphatic heterocycles. The summed E-state index contributed by atoms with van der Waals surface area (Å²) in [6, 6.07) is 7.32. The summed E-state index contributed by atoms with van der Waals surface area (Å²) in [5, 5.41) is 0. The Morgan fingerprint density at radius 2 is 1.72 bits per heavy atom. The summed E-state index contributed by atoms with van der Waals surface area (Å²) in [4.78, 5) is 0. The van der Waals surface area contributed by atoms with E-state index < -0.39 is 16.2 Å². The molecule has 1 unspecified atom stereocenters. The molecule has 0 amide bonds. The predicted octanol–water partition coefficient (Wildman–Crippen LogP) is 2.94. The van der Waals surface area contributed by atoms with Crippen LogP contribution in [0.4, 0.5) is 0 Å². The molecule has 0 fully saturated rings. The highest BCUT2D eigenvalue weighted by Gasteiger charge is 2.30. The zero-order valence-corrected chi connectivity index (χ0v) is 17.8. The van der Waals surface area contributed by atoms with Gasteiger partial charge in [-0.1, -0.05) is 6.07 Å². The van der Waals surface area contributed by atoms with Gasteiger partial charge in [0.25, 0.3) is 10.1 Å². The maximum absolute atomic E-state index is 11.5. The number of hydrogen-bond donors (Lipinski definition) is 0. The number of hydrogen-bond acceptors (Lipinski definition) is 8. The summed E-state index contributed by atoms with van der Waals surface area (Å²) in [6.07, 6.45) is 0.368. The Morgan fingerprint density at radius 1 is 1.00 bits per heavy atom. The maximum atomic E-state index is 11.5. The van der Waals surface area contributed by atoms with E-state index in [9.17, 15) is 8.42 Å². The Labute approximate surface area is 170 Å². The molecule has 1 aliphatic rings. The monoisotopic (exact) mass is 424 g/mol. The van der Waals surface area contributed by atoms with Gasteiger partial charge in [-0.3, -0.25) is 4.18 Å². The van der Waals surface area contributed by atoms with E-state index in [0.717, 1.165) is 28.5 Å². The number of ether oxygens (including phenoxy) is 5. The van der Waals surface area contributed by atoms with Crippen molar-refractivity contribution < 1.29 is 36.3 Å². The van der Waals surface area contributed by atoms with Crippen molar-refractivity contribution in [2.45, 2.75) is 12.7 Å². The molecule has 29 heavy (non-hydrogen) atoms. The van der Waals surface area contributed by atoms with Crippen molar-refractivity contribution in [2.75, 3.05) is 41.3 Å². The molecule has 2 aromatic carbocycles. The second-order valence-corrected chi connectivity index (χ2v) is 8.06. The smallest absolute Gasteiger partial charge is 0.264 e. The van der Waals surface area contributed by atoms with Crippen LogP contribution in [0.5, 0.6) is 23.0 Å². The molecule has 0 bridgehead atoms. The minimum absolute atomic E-state index is 0.163. The molecule has 3 rings (SSSR count). The summed E-state index contributed by atoms with van der Waals surface area (Å²) >= 11 is 0. The van der Waals surface area contributed by atoms with Crippen LogP contribution in [-0.4, -0.2) is 49.7 Å². The predicted molar refractivity (Wildman–Crippen MR) is 106 cm³/mol. The molecule has 1 heterocycles. The van der Waals surface area contributed by atoms with Crippen LogP contribution in [0.3, 0.4) is 0 Å². The van der Waals surface area contributed by atoms with Gasteiger partial charge in [0.1, 0.15) is 11.9 Å². The SMILES string of the molecule is COc1ccc2c(c1)C(COS(C)(=O)=O)OCc1cc(OC)c(OC)c(OC)c1-2. The quantitative estimate of drug-likeness (QED) is 0.627. The Bertz CT molecular complexity index is 1000. The van der Waals surface area contributed by atoms with Gasteiger partial charge in [-0.15, -0.1) is 0 Å². The molecule has 9 heteroatoms. The van der Waals surface area contributed by atoms with E-state index in [-0.39, 0.29) is 13.2 Å². The van der Waals surface area contributed by atoms with E-state index in [4.69, 9.17) is 27.9 Å². The van der Waals surface area contributed by atoms with Crippen LogP contribution in [0.2, 0.25) is 0 Å². The van der Waals surface area contributed by atoms with Crippen LogP contribution in [-0.2, 0) is 25.6 Å². The lowest BCUT2D eigenvalue weighted by atomic mass is 9.92. The first-order valence-electron chi connectivity index (χ1n) is 8.79. The highest BCUT2D eigenvalue weighted by molar-refractivity contribution is 7.85. The van der Waals surface area contributed by atoms with Gasteiger partial charge in [0.2, 0.25) is 5.75 Å². The molecule has 0 saturated carbocycles. The molecule has 0 saturated heterocycles.